The van der Waals surface area contributed by atoms with E-state index in [9.17, 15) is 0 Å². The molecule has 0 unspecified atom stereocenters. The second kappa shape index (κ2) is 7.65. The van der Waals surface area contributed by atoms with Crippen molar-refractivity contribution in [2.45, 2.75) is 78.2 Å². The first kappa shape index (κ1) is 15.3. The largest absolute Gasteiger partial charge is 0.355 e. The molecule has 0 aromatic carbocycles. The van der Waals surface area contributed by atoms with E-state index < -0.39 is 0 Å². The standard InChI is InChI=1S/C16H30N4/c1-4-7-8-13-9-11-14(12-10-13)15-18-19-16(17-5-2)20(15)6-3/h13-14H,4-12H2,1-3H3,(H,17,19). The van der Waals surface area contributed by atoms with Gasteiger partial charge in [-0.1, -0.05) is 26.2 Å². The Bertz CT molecular complexity index is 391. The molecular formula is C16H30N4. The molecule has 0 amide bonds. The molecule has 1 aliphatic carbocycles. The van der Waals surface area contributed by atoms with Crippen LogP contribution in [-0.4, -0.2) is 21.3 Å². The first-order valence-electron chi connectivity index (χ1n) is 8.47. The van der Waals surface area contributed by atoms with Gasteiger partial charge in [-0.15, -0.1) is 10.2 Å². The van der Waals surface area contributed by atoms with E-state index in [1.54, 1.807) is 0 Å². The molecule has 4 heteroatoms. The average molecular weight is 278 g/mol. The summed E-state index contributed by atoms with van der Waals surface area (Å²) >= 11 is 0. The van der Waals surface area contributed by atoms with Gasteiger partial charge in [0.25, 0.3) is 0 Å². The number of aromatic nitrogens is 3. The molecule has 1 N–H and O–H groups in total. The third kappa shape index (κ3) is 3.53. The van der Waals surface area contributed by atoms with Crippen LogP contribution in [-0.2, 0) is 6.54 Å². The van der Waals surface area contributed by atoms with E-state index >= 15 is 0 Å². The van der Waals surface area contributed by atoms with Crippen molar-refractivity contribution in [3.05, 3.63) is 5.82 Å². The summed E-state index contributed by atoms with van der Waals surface area (Å²) < 4.78 is 2.26. The molecule has 1 aromatic heterocycles. The van der Waals surface area contributed by atoms with Gasteiger partial charge in [0.1, 0.15) is 5.82 Å². The summed E-state index contributed by atoms with van der Waals surface area (Å²) in [5.41, 5.74) is 0. The van der Waals surface area contributed by atoms with Crippen LogP contribution in [0.3, 0.4) is 0 Å². The lowest BCUT2D eigenvalue weighted by molar-refractivity contribution is 0.295. The number of nitrogens with one attached hydrogen (secondary N) is 1. The van der Waals surface area contributed by atoms with Gasteiger partial charge in [0.15, 0.2) is 0 Å². The zero-order valence-corrected chi connectivity index (χ0v) is 13.4. The van der Waals surface area contributed by atoms with Gasteiger partial charge in [-0.3, -0.25) is 4.57 Å². The minimum Gasteiger partial charge on any atom is -0.355 e. The van der Waals surface area contributed by atoms with Gasteiger partial charge >= 0.3 is 0 Å². The van der Waals surface area contributed by atoms with Crippen molar-refractivity contribution < 1.29 is 0 Å². The lowest BCUT2D eigenvalue weighted by Gasteiger charge is -2.28. The zero-order chi connectivity index (χ0) is 14.4. The molecule has 1 aliphatic rings. The van der Waals surface area contributed by atoms with Crippen molar-refractivity contribution in [2.75, 3.05) is 11.9 Å². The summed E-state index contributed by atoms with van der Waals surface area (Å²) in [6.45, 7) is 8.44. The minimum atomic E-state index is 0.618. The third-order valence-electron chi connectivity index (χ3n) is 4.61. The number of anilines is 1. The molecule has 0 aliphatic heterocycles. The predicted molar refractivity (Wildman–Crippen MR) is 84.1 cm³/mol. The fourth-order valence-electron chi connectivity index (χ4n) is 3.42. The van der Waals surface area contributed by atoms with E-state index in [1.165, 1.54) is 50.8 Å². The topological polar surface area (TPSA) is 42.7 Å². The Morgan fingerprint density at radius 3 is 2.45 bits per heavy atom. The number of nitrogens with zero attached hydrogens (tertiary/aromatic N) is 3. The van der Waals surface area contributed by atoms with Crippen molar-refractivity contribution in [3.63, 3.8) is 0 Å². The maximum atomic E-state index is 4.47. The Morgan fingerprint density at radius 1 is 1.10 bits per heavy atom. The summed E-state index contributed by atoms with van der Waals surface area (Å²) in [7, 11) is 0. The van der Waals surface area contributed by atoms with Crippen LogP contribution in [0.5, 0.6) is 0 Å². The van der Waals surface area contributed by atoms with Gasteiger partial charge in [0, 0.05) is 19.0 Å². The molecule has 4 nitrogen and oxygen atoms in total. The maximum absolute atomic E-state index is 4.47. The van der Waals surface area contributed by atoms with Crippen LogP contribution in [0.1, 0.15) is 77.5 Å². The smallest absolute Gasteiger partial charge is 0.224 e. The van der Waals surface area contributed by atoms with Gasteiger partial charge in [-0.2, -0.15) is 0 Å². The van der Waals surface area contributed by atoms with Crippen LogP contribution in [0.4, 0.5) is 5.95 Å². The molecular weight excluding hydrogens is 248 g/mol. The van der Waals surface area contributed by atoms with Crippen LogP contribution in [0, 0.1) is 5.92 Å². The molecule has 0 bridgehead atoms. The molecule has 1 heterocycles. The van der Waals surface area contributed by atoms with Gasteiger partial charge in [0.2, 0.25) is 5.95 Å². The SMILES string of the molecule is CCCCC1CCC(c2nnc(NCC)n2CC)CC1. The quantitative estimate of drug-likeness (QED) is 0.813. The monoisotopic (exact) mass is 278 g/mol. The minimum absolute atomic E-state index is 0.618. The van der Waals surface area contributed by atoms with Crippen LogP contribution in [0.15, 0.2) is 0 Å². The summed E-state index contributed by atoms with van der Waals surface area (Å²) in [5, 5.41) is 12.1. The molecule has 114 valence electrons. The first-order chi connectivity index (χ1) is 9.80. The lowest BCUT2D eigenvalue weighted by Crippen LogP contribution is -2.17. The molecule has 1 saturated carbocycles. The molecule has 20 heavy (non-hydrogen) atoms. The number of unbranched alkanes of at least 4 members (excludes halogenated alkanes) is 1. The Hall–Kier alpha value is -1.06. The average Bonchev–Trinajstić information content (AvgIpc) is 2.89. The van der Waals surface area contributed by atoms with Crippen LogP contribution in [0.2, 0.25) is 0 Å². The normalized spacial score (nSPS) is 22.9. The highest BCUT2D eigenvalue weighted by Crippen LogP contribution is 2.37. The predicted octanol–water partition coefficient (Wildman–Crippen LogP) is 4.19. The first-order valence-corrected chi connectivity index (χ1v) is 8.47. The second-order valence-electron chi connectivity index (χ2n) is 6.02. The molecule has 1 fully saturated rings. The lowest BCUT2D eigenvalue weighted by atomic mass is 9.79. The van der Waals surface area contributed by atoms with E-state index in [4.69, 9.17) is 0 Å². The third-order valence-corrected chi connectivity index (χ3v) is 4.61. The van der Waals surface area contributed by atoms with Crippen molar-refractivity contribution >= 4 is 5.95 Å². The summed E-state index contributed by atoms with van der Waals surface area (Å²) in [5.74, 6) is 3.72. The molecule has 1 aromatic rings. The fraction of sp³-hybridized carbons (Fsp3) is 0.875. The summed E-state index contributed by atoms with van der Waals surface area (Å²) in [4.78, 5) is 0. The maximum Gasteiger partial charge on any atom is 0.224 e. The molecule has 2 rings (SSSR count). The van der Waals surface area contributed by atoms with Crippen LogP contribution >= 0.6 is 0 Å². The number of rotatable bonds is 7. The van der Waals surface area contributed by atoms with Gasteiger partial charge < -0.3 is 5.32 Å². The van der Waals surface area contributed by atoms with Crippen molar-refractivity contribution in [1.82, 2.24) is 14.8 Å². The van der Waals surface area contributed by atoms with Crippen LogP contribution in [0.25, 0.3) is 0 Å². The highest BCUT2D eigenvalue weighted by Gasteiger charge is 2.26. The molecule has 0 saturated heterocycles. The Kier molecular flexibility index (Phi) is 5.86. The fourth-order valence-corrected chi connectivity index (χ4v) is 3.42. The van der Waals surface area contributed by atoms with E-state index in [2.05, 4.69) is 40.9 Å². The van der Waals surface area contributed by atoms with Crippen molar-refractivity contribution in [2.24, 2.45) is 5.92 Å². The van der Waals surface area contributed by atoms with E-state index in [0.29, 0.717) is 5.92 Å². The number of hydrogen-bond acceptors (Lipinski definition) is 3. The highest BCUT2D eigenvalue weighted by molar-refractivity contribution is 5.26. The van der Waals surface area contributed by atoms with E-state index in [-0.39, 0.29) is 0 Å². The van der Waals surface area contributed by atoms with E-state index in [1.807, 2.05) is 0 Å². The Balaban J connectivity index is 1.96. The summed E-state index contributed by atoms with van der Waals surface area (Å²) in [6, 6.07) is 0. The zero-order valence-electron chi connectivity index (χ0n) is 13.4. The van der Waals surface area contributed by atoms with Gasteiger partial charge in [-0.25, -0.2) is 0 Å². The Labute approximate surface area is 123 Å². The highest BCUT2D eigenvalue weighted by atomic mass is 15.3. The van der Waals surface area contributed by atoms with Gasteiger partial charge in [0.05, 0.1) is 0 Å². The number of hydrogen-bond donors (Lipinski definition) is 1. The second-order valence-corrected chi connectivity index (χ2v) is 6.02. The summed E-state index contributed by atoms with van der Waals surface area (Å²) in [6.07, 6.45) is 9.47. The molecule has 0 radical (unpaired) electrons. The molecule has 0 spiro atoms. The van der Waals surface area contributed by atoms with Gasteiger partial charge in [-0.05, 0) is 45.4 Å². The molecule has 0 atom stereocenters. The Morgan fingerprint density at radius 2 is 1.85 bits per heavy atom. The van der Waals surface area contributed by atoms with E-state index in [0.717, 1.165) is 25.0 Å². The van der Waals surface area contributed by atoms with Crippen molar-refractivity contribution in [1.29, 1.82) is 0 Å². The van der Waals surface area contributed by atoms with Crippen molar-refractivity contribution in [3.8, 4) is 0 Å². The van der Waals surface area contributed by atoms with Crippen LogP contribution < -0.4 is 5.32 Å².